The fraction of sp³-hybridized carbons (Fsp3) is 0.333. The molecule has 0 amide bonds. The average Bonchev–Trinajstić information content (AvgIpc) is 2.55. The van der Waals surface area contributed by atoms with E-state index in [1.165, 1.54) is 11.1 Å². The van der Waals surface area contributed by atoms with Crippen molar-refractivity contribution in [3.63, 3.8) is 0 Å². The lowest BCUT2D eigenvalue weighted by Gasteiger charge is -2.37. The first-order valence-corrected chi connectivity index (χ1v) is 7.28. The number of hydrogen-bond acceptors (Lipinski definition) is 3. The Morgan fingerprint density at radius 1 is 1.19 bits per heavy atom. The molecule has 1 atom stereocenters. The minimum Gasteiger partial charge on any atom is -0.497 e. The summed E-state index contributed by atoms with van der Waals surface area (Å²) >= 11 is 0. The number of para-hydroxylation sites is 1. The van der Waals surface area contributed by atoms with Gasteiger partial charge in [-0.05, 0) is 42.2 Å². The fourth-order valence-electron chi connectivity index (χ4n) is 3.01. The summed E-state index contributed by atoms with van der Waals surface area (Å²) in [6, 6.07) is 16.4. The first-order chi connectivity index (χ1) is 10.2. The molecule has 0 saturated carbocycles. The van der Waals surface area contributed by atoms with Gasteiger partial charge in [0.1, 0.15) is 11.5 Å². The summed E-state index contributed by atoms with van der Waals surface area (Å²) in [6.45, 7) is 1.27. The monoisotopic (exact) mass is 283 g/mol. The molecular weight excluding hydrogens is 262 g/mol. The molecule has 0 spiro atoms. The van der Waals surface area contributed by atoms with Crippen LogP contribution in [0.2, 0.25) is 0 Å². The second-order valence-corrected chi connectivity index (χ2v) is 5.81. The Balaban J connectivity index is 1.85. The molecular formula is C18H21NO2. The molecule has 3 nitrogen and oxygen atoms in total. The number of methoxy groups -OCH3 is 1. The number of hydrogen-bond donors (Lipinski definition) is 1. The van der Waals surface area contributed by atoms with Gasteiger partial charge in [-0.2, -0.15) is 0 Å². The lowest BCUT2D eigenvalue weighted by Crippen LogP contribution is -2.43. The van der Waals surface area contributed by atoms with E-state index in [2.05, 4.69) is 24.3 Å². The lowest BCUT2D eigenvalue weighted by atomic mass is 9.75. The molecule has 0 aliphatic carbocycles. The molecule has 3 heteroatoms. The van der Waals surface area contributed by atoms with Crippen molar-refractivity contribution >= 4 is 0 Å². The molecule has 1 aliphatic heterocycles. The summed E-state index contributed by atoms with van der Waals surface area (Å²) in [5, 5.41) is 0. The maximum atomic E-state index is 6.10. The highest BCUT2D eigenvalue weighted by Gasteiger charge is 2.34. The lowest BCUT2D eigenvalue weighted by molar-refractivity contribution is 0.126. The van der Waals surface area contributed by atoms with E-state index < -0.39 is 0 Å². The highest BCUT2D eigenvalue weighted by Crippen LogP contribution is 2.36. The Morgan fingerprint density at radius 3 is 2.86 bits per heavy atom. The Kier molecular flexibility index (Phi) is 3.84. The molecule has 2 N–H and O–H groups in total. The van der Waals surface area contributed by atoms with Gasteiger partial charge in [0.25, 0.3) is 0 Å². The summed E-state index contributed by atoms with van der Waals surface area (Å²) < 4.78 is 11.3. The van der Waals surface area contributed by atoms with E-state index in [1.54, 1.807) is 7.11 Å². The van der Waals surface area contributed by atoms with E-state index in [1.807, 2.05) is 24.3 Å². The van der Waals surface area contributed by atoms with Crippen LogP contribution in [0.25, 0.3) is 0 Å². The molecule has 1 heterocycles. The Labute approximate surface area is 125 Å². The van der Waals surface area contributed by atoms with Crippen molar-refractivity contribution in [1.29, 1.82) is 0 Å². The SMILES string of the molecule is COc1cccc(CC2(CN)COc3ccccc3C2)c1. The smallest absolute Gasteiger partial charge is 0.122 e. The molecule has 0 fully saturated rings. The topological polar surface area (TPSA) is 44.5 Å². The number of nitrogens with two attached hydrogens (primary N) is 1. The average molecular weight is 283 g/mol. The number of fused-ring (bicyclic) bond motifs is 1. The summed E-state index contributed by atoms with van der Waals surface area (Å²) in [6.07, 6.45) is 1.85. The van der Waals surface area contributed by atoms with Crippen LogP contribution in [0.15, 0.2) is 48.5 Å². The second-order valence-electron chi connectivity index (χ2n) is 5.81. The zero-order valence-electron chi connectivity index (χ0n) is 12.3. The van der Waals surface area contributed by atoms with Crippen molar-refractivity contribution in [3.8, 4) is 11.5 Å². The zero-order chi connectivity index (χ0) is 14.7. The number of ether oxygens (including phenoxy) is 2. The molecule has 110 valence electrons. The van der Waals surface area contributed by atoms with Gasteiger partial charge in [-0.1, -0.05) is 30.3 Å². The molecule has 2 aromatic rings. The van der Waals surface area contributed by atoms with E-state index in [9.17, 15) is 0 Å². The van der Waals surface area contributed by atoms with Crippen LogP contribution >= 0.6 is 0 Å². The van der Waals surface area contributed by atoms with Gasteiger partial charge >= 0.3 is 0 Å². The Hall–Kier alpha value is -2.00. The van der Waals surface area contributed by atoms with Crippen LogP contribution in [-0.4, -0.2) is 20.3 Å². The van der Waals surface area contributed by atoms with Crippen LogP contribution in [0.1, 0.15) is 11.1 Å². The molecule has 0 radical (unpaired) electrons. The van der Waals surface area contributed by atoms with Crippen LogP contribution in [0.5, 0.6) is 11.5 Å². The summed E-state index contributed by atoms with van der Waals surface area (Å²) in [5.74, 6) is 1.88. The fourth-order valence-corrected chi connectivity index (χ4v) is 3.01. The molecule has 0 aromatic heterocycles. The van der Waals surface area contributed by atoms with E-state index >= 15 is 0 Å². The van der Waals surface area contributed by atoms with E-state index in [-0.39, 0.29) is 5.41 Å². The van der Waals surface area contributed by atoms with Crippen molar-refractivity contribution in [3.05, 3.63) is 59.7 Å². The van der Waals surface area contributed by atoms with Gasteiger partial charge in [0.15, 0.2) is 0 Å². The van der Waals surface area contributed by atoms with Gasteiger partial charge in [-0.25, -0.2) is 0 Å². The maximum absolute atomic E-state index is 6.10. The normalized spacial score (nSPS) is 20.5. The van der Waals surface area contributed by atoms with Gasteiger partial charge in [0, 0.05) is 12.0 Å². The number of rotatable bonds is 4. The quantitative estimate of drug-likeness (QED) is 0.938. The highest BCUT2D eigenvalue weighted by atomic mass is 16.5. The van der Waals surface area contributed by atoms with Crippen LogP contribution in [-0.2, 0) is 12.8 Å². The van der Waals surface area contributed by atoms with E-state index in [0.717, 1.165) is 24.3 Å². The highest BCUT2D eigenvalue weighted by molar-refractivity contribution is 5.37. The third-order valence-corrected chi connectivity index (χ3v) is 4.22. The van der Waals surface area contributed by atoms with Crippen molar-refractivity contribution in [2.24, 2.45) is 11.1 Å². The van der Waals surface area contributed by atoms with Gasteiger partial charge in [0.05, 0.1) is 13.7 Å². The van der Waals surface area contributed by atoms with Crippen molar-refractivity contribution in [1.82, 2.24) is 0 Å². The van der Waals surface area contributed by atoms with Crippen molar-refractivity contribution < 1.29 is 9.47 Å². The molecule has 2 aromatic carbocycles. The van der Waals surface area contributed by atoms with Crippen molar-refractivity contribution in [2.75, 3.05) is 20.3 Å². The van der Waals surface area contributed by atoms with Crippen LogP contribution < -0.4 is 15.2 Å². The van der Waals surface area contributed by atoms with Gasteiger partial charge in [0.2, 0.25) is 0 Å². The third kappa shape index (κ3) is 2.88. The van der Waals surface area contributed by atoms with Gasteiger partial charge in [-0.15, -0.1) is 0 Å². The summed E-state index contributed by atoms with van der Waals surface area (Å²) in [4.78, 5) is 0. The minimum absolute atomic E-state index is 0.0410. The van der Waals surface area contributed by atoms with E-state index in [0.29, 0.717) is 13.2 Å². The Morgan fingerprint density at radius 2 is 2.05 bits per heavy atom. The third-order valence-electron chi connectivity index (χ3n) is 4.22. The maximum Gasteiger partial charge on any atom is 0.122 e. The second kappa shape index (κ2) is 5.78. The first kappa shape index (κ1) is 14.0. The standard InChI is InChI=1S/C18H21NO2/c1-20-16-7-4-5-14(9-16)10-18(12-19)11-15-6-2-3-8-17(15)21-13-18/h2-9H,10-13,19H2,1H3. The molecule has 1 unspecified atom stereocenters. The molecule has 0 saturated heterocycles. The minimum atomic E-state index is -0.0410. The van der Waals surface area contributed by atoms with Crippen LogP contribution in [0.4, 0.5) is 0 Å². The molecule has 3 rings (SSSR count). The van der Waals surface area contributed by atoms with Crippen LogP contribution in [0.3, 0.4) is 0 Å². The molecule has 0 bridgehead atoms. The van der Waals surface area contributed by atoms with Gasteiger partial charge < -0.3 is 15.2 Å². The van der Waals surface area contributed by atoms with E-state index in [4.69, 9.17) is 15.2 Å². The van der Waals surface area contributed by atoms with Crippen molar-refractivity contribution in [2.45, 2.75) is 12.8 Å². The summed E-state index contributed by atoms with van der Waals surface area (Å²) in [7, 11) is 1.69. The number of benzene rings is 2. The zero-order valence-corrected chi connectivity index (χ0v) is 12.3. The van der Waals surface area contributed by atoms with Gasteiger partial charge in [-0.3, -0.25) is 0 Å². The Bertz CT molecular complexity index is 626. The predicted octanol–water partition coefficient (Wildman–Crippen LogP) is 2.82. The first-order valence-electron chi connectivity index (χ1n) is 7.28. The molecule has 21 heavy (non-hydrogen) atoms. The molecule has 1 aliphatic rings. The largest absolute Gasteiger partial charge is 0.497 e. The van der Waals surface area contributed by atoms with Crippen LogP contribution in [0, 0.1) is 5.41 Å². The predicted molar refractivity (Wildman–Crippen MR) is 83.8 cm³/mol. The summed E-state index contributed by atoms with van der Waals surface area (Å²) in [5.41, 5.74) is 8.55.